The number of benzene rings is 2. The Hall–Kier alpha value is -2.55. The van der Waals surface area contributed by atoms with Crippen LogP contribution in [0.15, 0.2) is 60.0 Å². The van der Waals surface area contributed by atoms with Gasteiger partial charge in [-0.05, 0) is 42.8 Å². The maximum absolute atomic E-state index is 12.5. The average Bonchev–Trinajstić information content (AvgIpc) is 3.01. The van der Waals surface area contributed by atoms with E-state index in [1.165, 1.54) is 35.6 Å². The predicted octanol–water partition coefficient (Wildman–Crippen LogP) is 3.32. The fourth-order valence-electron chi connectivity index (χ4n) is 2.31. The van der Waals surface area contributed by atoms with Gasteiger partial charge < -0.3 is 0 Å². The summed E-state index contributed by atoms with van der Waals surface area (Å²) in [6, 6.07) is 11.7. The van der Waals surface area contributed by atoms with Gasteiger partial charge in [0.25, 0.3) is 5.91 Å². The minimum atomic E-state index is -3.69. The van der Waals surface area contributed by atoms with Crippen LogP contribution in [0.3, 0.4) is 0 Å². The second-order valence-corrected chi connectivity index (χ2v) is 8.41. The van der Waals surface area contributed by atoms with Crippen molar-refractivity contribution in [3.05, 3.63) is 66.2 Å². The number of aromatic nitrogens is 1. The first-order valence-electron chi connectivity index (χ1n) is 7.78. The summed E-state index contributed by atoms with van der Waals surface area (Å²) in [5.74, 6) is -0.415. The SMILES string of the molecule is C=CCNS(=O)(=O)c1cccc(C(=O)Nc2nc3ccc(C)cc3s2)c1. The summed E-state index contributed by atoms with van der Waals surface area (Å²) >= 11 is 1.37. The zero-order valence-electron chi connectivity index (χ0n) is 14.0. The van der Waals surface area contributed by atoms with Crippen LogP contribution in [0, 0.1) is 6.92 Å². The van der Waals surface area contributed by atoms with E-state index in [1.807, 2.05) is 25.1 Å². The Morgan fingerprint density at radius 1 is 1.27 bits per heavy atom. The zero-order chi connectivity index (χ0) is 18.7. The summed E-state index contributed by atoms with van der Waals surface area (Å²) in [6.45, 7) is 5.58. The van der Waals surface area contributed by atoms with E-state index in [2.05, 4.69) is 21.6 Å². The molecule has 26 heavy (non-hydrogen) atoms. The third-order valence-electron chi connectivity index (χ3n) is 3.59. The van der Waals surface area contributed by atoms with E-state index in [9.17, 15) is 13.2 Å². The number of nitrogens with one attached hydrogen (secondary N) is 2. The highest BCUT2D eigenvalue weighted by atomic mass is 32.2. The minimum absolute atomic E-state index is 0.0203. The van der Waals surface area contributed by atoms with Gasteiger partial charge in [-0.15, -0.1) is 6.58 Å². The van der Waals surface area contributed by atoms with Crippen molar-refractivity contribution in [2.45, 2.75) is 11.8 Å². The first kappa shape index (κ1) is 18.2. The molecule has 6 nitrogen and oxygen atoms in total. The number of sulfonamides is 1. The molecule has 0 radical (unpaired) electrons. The van der Waals surface area contributed by atoms with Crippen molar-refractivity contribution >= 4 is 42.6 Å². The first-order chi connectivity index (χ1) is 12.4. The number of fused-ring (bicyclic) bond motifs is 1. The molecule has 134 valence electrons. The molecule has 2 N–H and O–H groups in total. The van der Waals surface area contributed by atoms with Crippen molar-refractivity contribution in [1.29, 1.82) is 0 Å². The summed E-state index contributed by atoms with van der Waals surface area (Å²) in [6.07, 6.45) is 1.45. The molecule has 0 saturated carbocycles. The van der Waals surface area contributed by atoms with Gasteiger partial charge in [-0.3, -0.25) is 10.1 Å². The Labute approximate surface area is 155 Å². The molecule has 1 heterocycles. The number of aryl methyl sites for hydroxylation is 1. The Morgan fingerprint density at radius 3 is 2.85 bits per heavy atom. The van der Waals surface area contributed by atoms with Crippen LogP contribution in [0.1, 0.15) is 15.9 Å². The molecule has 2 aromatic carbocycles. The number of carbonyl (C=O) groups is 1. The number of hydrogen-bond donors (Lipinski definition) is 2. The van der Waals surface area contributed by atoms with Crippen molar-refractivity contribution < 1.29 is 13.2 Å². The first-order valence-corrected chi connectivity index (χ1v) is 10.1. The Bertz CT molecular complexity index is 1090. The predicted molar refractivity (Wildman–Crippen MR) is 104 cm³/mol. The second-order valence-electron chi connectivity index (χ2n) is 5.61. The maximum atomic E-state index is 12.5. The van der Waals surface area contributed by atoms with Crippen LogP contribution in [0.5, 0.6) is 0 Å². The largest absolute Gasteiger partial charge is 0.298 e. The number of nitrogens with zero attached hydrogens (tertiary/aromatic N) is 1. The molecule has 0 aliphatic carbocycles. The lowest BCUT2D eigenvalue weighted by Gasteiger charge is -2.07. The number of thiazole rings is 1. The van der Waals surface area contributed by atoms with Crippen molar-refractivity contribution in [2.75, 3.05) is 11.9 Å². The van der Waals surface area contributed by atoms with E-state index >= 15 is 0 Å². The highest BCUT2D eigenvalue weighted by Gasteiger charge is 2.16. The molecule has 0 bridgehead atoms. The molecular formula is C18H17N3O3S2. The molecule has 0 fully saturated rings. The third kappa shape index (κ3) is 3.98. The molecule has 0 saturated heterocycles. The number of carbonyl (C=O) groups excluding carboxylic acids is 1. The van der Waals surface area contributed by atoms with Crippen LogP contribution in [0.4, 0.5) is 5.13 Å². The summed E-state index contributed by atoms with van der Waals surface area (Å²) in [5.41, 5.74) is 2.16. The maximum Gasteiger partial charge on any atom is 0.257 e. The summed E-state index contributed by atoms with van der Waals surface area (Å²) in [4.78, 5) is 16.9. The minimum Gasteiger partial charge on any atom is -0.298 e. The van der Waals surface area contributed by atoms with Gasteiger partial charge >= 0.3 is 0 Å². The van der Waals surface area contributed by atoms with E-state index in [1.54, 1.807) is 6.07 Å². The van der Waals surface area contributed by atoms with Crippen LogP contribution in [0.25, 0.3) is 10.2 Å². The molecule has 8 heteroatoms. The molecule has 3 aromatic rings. The van der Waals surface area contributed by atoms with E-state index in [0.717, 1.165) is 15.8 Å². The Balaban J connectivity index is 1.83. The Kier molecular flexibility index (Phi) is 5.17. The lowest BCUT2D eigenvalue weighted by molar-refractivity contribution is 0.102. The monoisotopic (exact) mass is 387 g/mol. The third-order valence-corrected chi connectivity index (χ3v) is 5.94. The number of hydrogen-bond acceptors (Lipinski definition) is 5. The topological polar surface area (TPSA) is 88.2 Å². The number of amides is 1. The second kappa shape index (κ2) is 7.36. The van der Waals surface area contributed by atoms with E-state index in [-0.39, 0.29) is 17.0 Å². The van der Waals surface area contributed by atoms with Gasteiger partial charge in [-0.25, -0.2) is 18.1 Å². The molecule has 0 aliphatic rings. The van der Waals surface area contributed by atoms with E-state index < -0.39 is 15.9 Å². The van der Waals surface area contributed by atoms with Crippen molar-refractivity contribution in [1.82, 2.24) is 9.71 Å². The molecule has 1 aromatic heterocycles. The van der Waals surface area contributed by atoms with Crippen LogP contribution < -0.4 is 10.0 Å². The highest BCUT2D eigenvalue weighted by molar-refractivity contribution is 7.89. The van der Waals surface area contributed by atoms with Gasteiger partial charge in [-0.1, -0.05) is 29.5 Å². The molecular weight excluding hydrogens is 370 g/mol. The van der Waals surface area contributed by atoms with Crippen molar-refractivity contribution in [3.8, 4) is 0 Å². The van der Waals surface area contributed by atoms with Crippen LogP contribution in [-0.4, -0.2) is 25.9 Å². The molecule has 0 aliphatic heterocycles. The summed E-state index contributed by atoms with van der Waals surface area (Å²) in [5, 5.41) is 3.19. The van der Waals surface area contributed by atoms with Crippen LogP contribution >= 0.6 is 11.3 Å². The van der Waals surface area contributed by atoms with E-state index in [0.29, 0.717) is 5.13 Å². The zero-order valence-corrected chi connectivity index (χ0v) is 15.7. The highest BCUT2D eigenvalue weighted by Crippen LogP contribution is 2.27. The van der Waals surface area contributed by atoms with Gasteiger partial charge in [0.2, 0.25) is 10.0 Å². The molecule has 1 amide bonds. The normalized spacial score (nSPS) is 11.4. The molecule has 0 unspecified atom stereocenters. The van der Waals surface area contributed by atoms with Gasteiger partial charge in [0.1, 0.15) is 0 Å². The summed E-state index contributed by atoms with van der Waals surface area (Å²) < 4.78 is 27.7. The molecule has 0 spiro atoms. The fraction of sp³-hybridized carbons (Fsp3) is 0.111. The molecule has 3 rings (SSSR count). The summed E-state index contributed by atoms with van der Waals surface area (Å²) in [7, 11) is -3.69. The molecule has 0 atom stereocenters. The van der Waals surface area contributed by atoms with Gasteiger partial charge in [0, 0.05) is 12.1 Å². The standard InChI is InChI=1S/C18H17N3O3S2/c1-3-9-19-26(23,24)14-6-4-5-13(11-14)17(22)21-18-20-15-8-7-12(2)10-16(15)25-18/h3-8,10-11,19H,1,9H2,2H3,(H,20,21,22). The Morgan fingerprint density at radius 2 is 2.08 bits per heavy atom. The average molecular weight is 387 g/mol. The van der Waals surface area contributed by atoms with Crippen LogP contribution in [0.2, 0.25) is 0 Å². The van der Waals surface area contributed by atoms with E-state index in [4.69, 9.17) is 0 Å². The van der Waals surface area contributed by atoms with Gasteiger partial charge in [0.05, 0.1) is 15.1 Å². The number of anilines is 1. The van der Waals surface area contributed by atoms with Gasteiger partial charge in [0.15, 0.2) is 5.13 Å². The van der Waals surface area contributed by atoms with Crippen LogP contribution in [-0.2, 0) is 10.0 Å². The lowest BCUT2D eigenvalue weighted by atomic mass is 10.2. The lowest BCUT2D eigenvalue weighted by Crippen LogP contribution is -2.24. The fourth-order valence-corrected chi connectivity index (χ4v) is 4.31. The van der Waals surface area contributed by atoms with Crippen molar-refractivity contribution in [3.63, 3.8) is 0 Å². The smallest absolute Gasteiger partial charge is 0.257 e. The number of rotatable bonds is 6. The quantitative estimate of drug-likeness (QED) is 0.635. The van der Waals surface area contributed by atoms with Gasteiger partial charge in [-0.2, -0.15) is 0 Å². The van der Waals surface area contributed by atoms with Crippen molar-refractivity contribution in [2.24, 2.45) is 0 Å².